The van der Waals surface area contributed by atoms with Gasteiger partial charge in [0.15, 0.2) is 0 Å². The Bertz CT molecular complexity index is 1050. The Hall–Kier alpha value is -3.35. The van der Waals surface area contributed by atoms with E-state index in [1.165, 1.54) is 11.1 Å². The fourth-order valence-electron chi connectivity index (χ4n) is 5.51. The molecular weight excluding hydrogens is 444 g/mol. The summed E-state index contributed by atoms with van der Waals surface area (Å²) < 4.78 is 5.63. The van der Waals surface area contributed by atoms with Crippen molar-refractivity contribution in [3.63, 3.8) is 0 Å². The van der Waals surface area contributed by atoms with Gasteiger partial charge in [0.25, 0.3) is 0 Å². The molecule has 3 N–H and O–H groups in total. The molecule has 2 aromatic rings. The highest BCUT2D eigenvalue weighted by atomic mass is 16.5. The lowest BCUT2D eigenvalue weighted by Gasteiger charge is -2.34. The first-order chi connectivity index (χ1) is 16.7. The van der Waals surface area contributed by atoms with Crippen LogP contribution in [0.4, 0.5) is 4.79 Å². The topological polar surface area (TPSA) is 105 Å². The monoisotopic (exact) mass is 478 g/mol. The van der Waals surface area contributed by atoms with Crippen LogP contribution in [0, 0.1) is 11.8 Å². The van der Waals surface area contributed by atoms with Gasteiger partial charge in [-0.25, -0.2) is 4.79 Å². The molecular formula is C28H34N2O5. The fourth-order valence-corrected chi connectivity index (χ4v) is 5.51. The van der Waals surface area contributed by atoms with Gasteiger partial charge in [0.1, 0.15) is 6.61 Å². The van der Waals surface area contributed by atoms with E-state index in [1.54, 1.807) is 13.8 Å². The van der Waals surface area contributed by atoms with Gasteiger partial charge in [-0.3, -0.25) is 9.59 Å². The molecule has 0 aliphatic heterocycles. The summed E-state index contributed by atoms with van der Waals surface area (Å²) in [6, 6.07) is 16.4. The first kappa shape index (κ1) is 24.8. The first-order valence-corrected chi connectivity index (χ1v) is 12.4. The number of amides is 2. The zero-order chi connectivity index (χ0) is 25.0. The van der Waals surface area contributed by atoms with Gasteiger partial charge in [0.05, 0.1) is 6.42 Å². The highest BCUT2D eigenvalue weighted by Gasteiger charge is 2.35. The molecule has 0 aromatic heterocycles. The normalized spacial score (nSPS) is 19.4. The van der Waals surface area contributed by atoms with E-state index in [2.05, 4.69) is 34.9 Å². The van der Waals surface area contributed by atoms with E-state index in [0.29, 0.717) is 6.54 Å². The van der Waals surface area contributed by atoms with Gasteiger partial charge >= 0.3 is 12.1 Å². The van der Waals surface area contributed by atoms with E-state index in [1.807, 2.05) is 24.3 Å². The predicted octanol–water partition coefficient (Wildman–Crippen LogP) is 4.70. The Morgan fingerprint density at radius 3 is 2.20 bits per heavy atom. The molecule has 4 rings (SSSR count). The zero-order valence-corrected chi connectivity index (χ0v) is 20.4. The zero-order valence-electron chi connectivity index (χ0n) is 20.4. The van der Waals surface area contributed by atoms with E-state index < -0.39 is 17.6 Å². The van der Waals surface area contributed by atoms with E-state index in [0.717, 1.165) is 36.8 Å². The number of alkyl carbamates (subject to hydrolysis) is 1. The molecule has 1 fully saturated rings. The van der Waals surface area contributed by atoms with Crippen molar-refractivity contribution in [1.82, 2.24) is 10.6 Å². The van der Waals surface area contributed by atoms with Crippen LogP contribution in [0.5, 0.6) is 0 Å². The standard InChI is InChI=1S/C28H34N2O5/c1-28(2,15-25(31)32)30-26(33)19-10-4-3-9-18(19)16-29-27(34)35-17-24-22-13-7-5-11-20(22)21-12-6-8-14-23(21)24/h5-8,11-14,18-19,24H,3-4,9-10,15-17H2,1-2H3,(H,29,34)(H,30,33)(H,31,32)/t18-,19-/m0/s1. The lowest BCUT2D eigenvalue weighted by atomic mass is 9.78. The van der Waals surface area contributed by atoms with Crippen LogP contribution in [0.3, 0.4) is 0 Å². The molecule has 2 amide bonds. The van der Waals surface area contributed by atoms with Crippen LogP contribution in [0.25, 0.3) is 11.1 Å². The molecule has 0 spiro atoms. The molecule has 0 unspecified atom stereocenters. The Balaban J connectivity index is 1.32. The second-order valence-corrected chi connectivity index (χ2v) is 10.3. The number of carboxylic acid groups (broad SMARTS) is 1. The SMILES string of the molecule is CC(C)(CC(=O)O)NC(=O)[C@H]1CCCC[C@H]1CNC(=O)OCC1c2ccccc2-c2ccccc21. The summed E-state index contributed by atoms with van der Waals surface area (Å²) in [5, 5.41) is 14.9. The van der Waals surface area contributed by atoms with E-state index in [-0.39, 0.29) is 36.7 Å². The Labute approximate surface area is 206 Å². The number of benzene rings is 2. The average molecular weight is 479 g/mol. The molecule has 2 aliphatic rings. The van der Waals surface area contributed by atoms with E-state index >= 15 is 0 Å². The van der Waals surface area contributed by atoms with Crippen molar-refractivity contribution < 1.29 is 24.2 Å². The van der Waals surface area contributed by atoms with Gasteiger partial charge in [-0.15, -0.1) is 0 Å². The summed E-state index contributed by atoms with van der Waals surface area (Å²) in [6.45, 7) is 4.03. The van der Waals surface area contributed by atoms with E-state index in [9.17, 15) is 14.4 Å². The number of aliphatic carboxylic acids is 1. The summed E-state index contributed by atoms with van der Waals surface area (Å²) in [4.78, 5) is 36.6. The van der Waals surface area contributed by atoms with E-state index in [4.69, 9.17) is 9.84 Å². The molecule has 0 saturated heterocycles. The lowest BCUT2D eigenvalue weighted by Crippen LogP contribution is -2.50. The Kier molecular flexibility index (Phi) is 7.43. The van der Waals surface area contributed by atoms with Crippen LogP contribution >= 0.6 is 0 Å². The number of hydrogen-bond acceptors (Lipinski definition) is 4. The number of rotatable bonds is 8. The molecule has 0 bridgehead atoms. The second kappa shape index (κ2) is 10.5. The lowest BCUT2D eigenvalue weighted by molar-refractivity contribution is -0.139. The maximum atomic E-state index is 12.9. The molecule has 1 saturated carbocycles. The van der Waals surface area contributed by atoms with Gasteiger partial charge in [-0.1, -0.05) is 61.4 Å². The summed E-state index contributed by atoms with van der Waals surface area (Å²) in [5.41, 5.74) is 3.85. The predicted molar refractivity (Wildman–Crippen MR) is 133 cm³/mol. The van der Waals surface area contributed by atoms with Gasteiger partial charge in [-0.2, -0.15) is 0 Å². The van der Waals surface area contributed by atoms with Gasteiger partial charge in [-0.05, 0) is 54.9 Å². The molecule has 2 aliphatic carbocycles. The molecule has 0 radical (unpaired) electrons. The molecule has 2 atom stereocenters. The van der Waals surface area contributed by atoms with Gasteiger partial charge < -0.3 is 20.5 Å². The summed E-state index contributed by atoms with van der Waals surface area (Å²) >= 11 is 0. The minimum Gasteiger partial charge on any atom is -0.481 e. The van der Waals surface area contributed by atoms with Gasteiger partial charge in [0, 0.05) is 23.9 Å². The van der Waals surface area contributed by atoms with Crippen molar-refractivity contribution in [1.29, 1.82) is 0 Å². The quantitative estimate of drug-likeness (QED) is 0.510. The maximum absolute atomic E-state index is 12.9. The van der Waals surface area contributed by atoms with Crippen molar-refractivity contribution in [3.8, 4) is 11.1 Å². The number of nitrogens with one attached hydrogen (secondary N) is 2. The van der Waals surface area contributed by atoms with Crippen LogP contribution in [0.15, 0.2) is 48.5 Å². The second-order valence-electron chi connectivity index (χ2n) is 10.3. The Morgan fingerprint density at radius 1 is 0.971 bits per heavy atom. The number of carboxylic acids is 1. The largest absolute Gasteiger partial charge is 0.481 e. The minimum atomic E-state index is -0.951. The third-order valence-corrected chi connectivity index (χ3v) is 7.15. The molecule has 0 heterocycles. The number of hydrogen-bond donors (Lipinski definition) is 3. The number of carbonyl (C=O) groups is 3. The molecule has 35 heavy (non-hydrogen) atoms. The van der Waals surface area contributed by atoms with Crippen molar-refractivity contribution >= 4 is 18.0 Å². The molecule has 7 heteroatoms. The fraction of sp³-hybridized carbons (Fsp3) is 0.464. The third-order valence-electron chi connectivity index (χ3n) is 7.15. The number of fused-ring (bicyclic) bond motifs is 3. The average Bonchev–Trinajstić information content (AvgIpc) is 3.14. The van der Waals surface area contributed by atoms with Crippen LogP contribution in [-0.2, 0) is 14.3 Å². The highest BCUT2D eigenvalue weighted by Crippen LogP contribution is 2.44. The van der Waals surface area contributed by atoms with Crippen molar-refractivity contribution in [2.24, 2.45) is 11.8 Å². The Morgan fingerprint density at radius 2 is 1.57 bits per heavy atom. The molecule has 2 aromatic carbocycles. The van der Waals surface area contributed by atoms with Crippen LogP contribution in [0.2, 0.25) is 0 Å². The first-order valence-electron chi connectivity index (χ1n) is 12.4. The van der Waals surface area contributed by atoms with Crippen LogP contribution in [-0.4, -0.2) is 41.8 Å². The van der Waals surface area contributed by atoms with Crippen LogP contribution in [0.1, 0.15) is 63.0 Å². The minimum absolute atomic E-state index is 0.00202. The van der Waals surface area contributed by atoms with Crippen molar-refractivity contribution in [3.05, 3.63) is 59.7 Å². The number of carbonyl (C=O) groups excluding carboxylic acids is 2. The van der Waals surface area contributed by atoms with Crippen molar-refractivity contribution in [2.45, 2.75) is 57.4 Å². The molecule has 186 valence electrons. The summed E-state index contributed by atoms with van der Waals surface area (Å²) in [5.74, 6) is -1.36. The number of ether oxygens (including phenoxy) is 1. The highest BCUT2D eigenvalue weighted by molar-refractivity contribution is 5.81. The molecule has 7 nitrogen and oxygen atoms in total. The van der Waals surface area contributed by atoms with Crippen LogP contribution < -0.4 is 10.6 Å². The van der Waals surface area contributed by atoms with Crippen molar-refractivity contribution in [2.75, 3.05) is 13.2 Å². The summed E-state index contributed by atoms with van der Waals surface area (Å²) in [6.07, 6.45) is 2.88. The van der Waals surface area contributed by atoms with Gasteiger partial charge in [0.2, 0.25) is 5.91 Å². The third kappa shape index (κ3) is 5.84. The summed E-state index contributed by atoms with van der Waals surface area (Å²) in [7, 11) is 0. The smallest absolute Gasteiger partial charge is 0.407 e. The maximum Gasteiger partial charge on any atom is 0.407 e.